The maximum atomic E-state index is 12.2. The highest BCUT2D eigenvalue weighted by atomic mass is 16.6. The molecule has 28 heavy (non-hydrogen) atoms. The molecule has 0 bridgehead atoms. The number of nitrogens with one attached hydrogen (secondary N) is 1. The molecule has 0 unspecified atom stereocenters. The molecule has 0 radical (unpaired) electrons. The smallest absolute Gasteiger partial charge is 0.344 e. The number of para-hydroxylation sites is 2. The van der Waals surface area contributed by atoms with Gasteiger partial charge in [-0.1, -0.05) is 38.1 Å². The largest absolute Gasteiger partial charge is 0.475 e. The molecule has 0 fully saturated rings. The van der Waals surface area contributed by atoms with Crippen molar-refractivity contribution >= 4 is 23.3 Å². The number of rotatable bonds is 8. The van der Waals surface area contributed by atoms with Gasteiger partial charge in [-0.25, -0.2) is 4.79 Å². The maximum absolute atomic E-state index is 12.2. The van der Waals surface area contributed by atoms with Crippen LogP contribution in [-0.4, -0.2) is 29.5 Å². The molecule has 1 atom stereocenters. The third-order valence-corrected chi connectivity index (χ3v) is 3.93. The lowest BCUT2D eigenvalue weighted by Crippen LogP contribution is -2.31. The number of nitrogens with zero attached hydrogens (tertiary/aromatic N) is 1. The average Bonchev–Trinajstić information content (AvgIpc) is 2.66. The van der Waals surface area contributed by atoms with Gasteiger partial charge in [-0.05, 0) is 36.6 Å². The first kappa shape index (κ1) is 20.9. The quantitative estimate of drug-likeness (QED) is 0.421. The fourth-order valence-electron chi connectivity index (χ4n) is 2.35. The van der Waals surface area contributed by atoms with Gasteiger partial charge in [-0.15, -0.1) is 0 Å². The Morgan fingerprint density at radius 2 is 1.71 bits per heavy atom. The van der Waals surface area contributed by atoms with Crippen LogP contribution in [0.25, 0.3) is 0 Å². The number of nitro groups is 1. The van der Waals surface area contributed by atoms with Gasteiger partial charge in [0, 0.05) is 11.8 Å². The highest BCUT2D eigenvalue weighted by Gasteiger charge is 2.20. The van der Waals surface area contributed by atoms with Crippen molar-refractivity contribution in [1.82, 2.24) is 0 Å². The Morgan fingerprint density at radius 3 is 2.32 bits per heavy atom. The monoisotopic (exact) mass is 386 g/mol. The van der Waals surface area contributed by atoms with Crippen LogP contribution in [-0.2, 0) is 14.3 Å². The summed E-state index contributed by atoms with van der Waals surface area (Å²) < 4.78 is 10.2. The second-order valence-corrected chi connectivity index (χ2v) is 6.41. The number of amides is 1. The van der Waals surface area contributed by atoms with Crippen LogP contribution >= 0.6 is 0 Å². The Kier molecular flexibility index (Phi) is 7.08. The van der Waals surface area contributed by atoms with Crippen molar-refractivity contribution in [2.45, 2.75) is 32.8 Å². The molecular formula is C20H22N2O6. The predicted molar refractivity (Wildman–Crippen MR) is 103 cm³/mol. The molecule has 0 aliphatic rings. The fourth-order valence-corrected chi connectivity index (χ4v) is 2.35. The third-order valence-electron chi connectivity index (χ3n) is 3.93. The van der Waals surface area contributed by atoms with Crippen molar-refractivity contribution in [3.8, 4) is 5.75 Å². The van der Waals surface area contributed by atoms with Crippen LogP contribution in [0.1, 0.15) is 32.3 Å². The lowest BCUT2D eigenvalue weighted by atomic mass is 10.0. The summed E-state index contributed by atoms with van der Waals surface area (Å²) >= 11 is 0. The molecule has 2 aromatic carbocycles. The summed E-state index contributed by atoms with van der Waals surface area (Å²) in [5.41, 5.74) is 1.48. The topological polar surface area (TPSA) is 108 Å². The normalized spacial score (nSPS) is 11.6. The molecule has 0 aliphatic heterocycles. The highest BCUT2D eigenvalue weighted by Crippen LogP contribution is 2.25. The van der Waals surface area contributed by atoms with Crippen molar-refractivity contribution in [3.63, 3.8) is 0 Å². The molecule has 8 heteroatoms. The van der Waals surface area contributed by atoms with Gasteiger partial charge in [0.05, 0.1) is 4.92 Å². The number of hydrogen-bond donors (Lipinski definition) is 1. The number of benzene rings is 2. The predicted octanol–water partition coefficient (Wildman–Crippen LogP) is 3.67. The number of ether oxygens (including phenoxy) is 2. The van der Waals surface area contributed by atoms with E-state index in [4.69, 9.17) is 9.47 Å². The minimum Gasteiger partial charge on any atom is -0.475 e. The lowest BCUT2D eigenvalue weighted by Gasteiger charge is -2.14. The second kappa shape index (κ2) is 9.50. The van der Waals surface area contributed by atoms with Crippen LogP contribution in [0.2, 0.25) is 0 Å². The first-order chi connectivity index (χ1) is 13.3. The van der Waals surface area contributed by atoms with Crippen LogP contribution in [0.15, 0.2) is 48.5 Å². The van der Waals surface area contributed by atoms with E-state index in [0.29, 0.717) is 11.6 Å². The van der Waals surface area contributed by atoms with Gasteiger partial charge in [0.1, 0.15) is 0 Å². The van der Waals surface area contributed by atoms with Crippen LogP contribution in [0.4, 0.5) is 11.4 Å². The Hall–Kier alpha value is -3.42. The zero-order chi connectivity index (χ0) is 20.7. The summed E-state index contributed by atoms with van der Waals surface area (Å²) in [6.07, 6.45) is -1.05. The maximum Gasteiger partial charge on any atom is 0.344 e. The Morgan fingerprint density at radius 1 is 1.07 bits per heavy atom. The van der Waals surface area contributed by atoms with Crippen molar-refractivity contribution < 1.29 is 24.0 Å². The second-order valence-electron chi connectivity index (χ2n) is 6.41. The summed E-state index contributed by atoms with van der Waals surface area (Å²) in [6.45, 7) is 5.02. The molecule has 1 amide bonds. The molecule has 148 valence electrons. The van der Waals surface area contributed by atoms with Gasteiger partial charge in [0.15, 0.2) is 18.5 Å². The summed E-state index contributed by atoms with van der Waals surface area (Å²) in [5.74, 6) is -0.968. The molecule has 0 saturated carbocycles. The lowest BCUT2D eigenvalue weighted by molar-refractivity contribution is -0.385. The number of carbonyl (C=O) groups is 2. The van der Waals surface area contributed by atoms with Crippen LogP contribution in [0.5, 0.6) is 5.75 Å². The van der Waals surface area contributed by atoms with Crippen molar-refractivity contribution in [1.29, 1.82) is 0 Å². The first-order valence-corrected chi connectivity index (χ1v) is 8.74. The average molecular weight is 386 g/mol. The molecule has 0 aromatic heterocycles. The van der Waals surface area contributed by atoms with Gasteiger partial charge in [-0.3, -0.25) is 14.9 Å². The molecule has 2 aromatic rings. The van der Waals surface area contributed by atoms with Gasteiger partial charge < -0.3 is 14.8 Å². The molecular weight excluding hydrogens is 364 g/mol. The van der Waals surface area contributed by atoms with Gasteiger partial charge >= 0.3 is 11.7 Å². The van der Waals surface area contributed by atoms with E-state index in [1.54, 1.807) is 18.2 Å². The zero-order valence-corrected chi connectivity index (χ0v) is 15.9. The number of nitro benzene ring substituents is 1. The van der Waals surface area contributed by atoms with E-state index in [1.165, 1.54) is 25.1 Å². The van der Waals surface area contributed by atoms with Crippen LogP contribution in [0, 0.1) is 10.1 Å². The van der Waals surface area contributed by atoms with Gasteiger partial charge in [0.25, 0.3) is 5.91 Å². The Balaban J connectivity index is 1.86. The van der Waals surface area contributed by atoms with Crippen LogP contribution < -0.4 is 10.1 Å². The van der Waals surface area contributed by atoms with Gasteiger partial charge in [0.2, 0.25) is 0 Å². The first-order valence-electron chi connectivity index (χ1n) is 8.74. The molecule has 8 nitrogen and oxygen atoms in total. The van der Waals surface area contributed by atoms with Crippen molar-refractivity contribution in [2.75, 3.05) is 11.9 Å². The number of hydrogen-bond acceptors (Lipinski definition) is 6. The Bertz CT molecular complexity index is 848. The minimum atomic E-state index is -1.05. The highest BCUT2D eigenvalue weighted by molar-refractivity contribution is 5.95. The molecule has 1 N–H and O–H groups in total. The SMILES string of the molecule is CC(C)c1ccc(NC(=O)[C@@H](C)OC(=O)COc2ccccc2[N+](=O)[O-])cc1. The molecule has 2 rings (SSSR count). The van der Waals surface area contributed by atoms with Crippen LogP contribution in [0.3, 0.4) is 0 Å². The van der Waals surface area contributed by atoms with E-state index >= 15 is 0 Å². The number of esters is 1. The summed E-state index contributed by atoms with van der Waals surface area (Å²) in [5, 5.41) is 13.6. The number of carbonyl (C=O) groups excluding carboxylic acids is 2. The van der Waals surface area contributed by atoms with Crippen molar-refractivity contribution in [2.24, 2.45) is 0 Å². The molecule has 0 aliphatic carbocycles. The number of anilines is 1. The summed E-state index contributed by atoms with van der Waals surface area (Å²) in [7, 11) is 0. The summed E-state index contributed by atoms with van der Waals surface area (Å²) in [4.78, 5) is 34.4. The molecule has 0 saturated heterocycles. The summed E-state index contributed by atoms with van der Waals surface area (Å²) in [6, 6.07) is 13.1. The van der Waals surface area contributed by atoms with E-state index in [1.807, 2.05) is 12.1 Å². The van der Waals surface area contributed by atoms with E-state index in [9.17, 15) is 19.7 Å². The van der Waals surface area contributed by atoms with E-state index in [-0.39, 0.29) is 11.4 Å². The van der Waals surface area contributed by atoms with Gasteiger partial charge in [-0.2, -0.15) is 0 Å². The van der Waals surface area contributed by atoms with E-state index in [2.05, 4.69) is 19.2 Å². The Labute approximate surface area is 162 Å². The minimum absolute atomic E-state index is 0.0493. The van der Waals surface area contributed by atoms with Crippen molar-refractivity contribution in [3.05, 3.63) is 64.2 Å². The third kappa shape index (κ3) is 5.80. The van der Waals surface area contributed by atoms with E-state index < -0.39 is 29.5 Å². The standard InChI is InChI=1S/C20H22N2O6/c1-13(2)15-8-10-16(11-9-15)21-20(24)14(3)28-19(23)12-27-18-7-5-4-6-17(18)22(25)26/h4-11,13-14H,12H2,1-3H3,(H,21,24)/t14-/m1/s1. The molecule has 0 heterocycles. The van der Waals surface area contributed by atoms with E-state index in [0.717, 1.165) is 5.56 Å². The molecule has 0 spiro atoms. The fraction of sp³-hybridized carbons (Fsp3) is 0.300. The zero-order valence-electron chi connectivity index (χ0n) is 15.9.